The van der Waals surface area contributed by atoms with E-state index in [9.17, 15) is 81.5 Å². The van der Waals surface area contributed by atoms with Gasteiger partial charge < -0.3 is 28.1 Å². The van der Waals surface area contributed by atoms with Gasteiger partial charge in [-0.1, -0.05) is 163 Å². The summed E-state index contributed by atoms with van der Waals surface area (Å²) in [5.41, 5.74) is -14.7. The Morgan fingerprint density at radius 2 is 0.750 bits per heavy atom. The summed E-state index contributed by atoms with van der Waals surface area (Å²) >= 11 is 0. The summed E-state index contributed by atoms with van der Waals surface area (Å²) < 4.78 is 215. The maximum atomic E-state index is 15.5. The van der Waals surface area contributed by atoms with E-state index in [0.717, 1.165) is 101 Å². The zero-order valence-electron chi connectivity index (χ0n) is 69.8. The summed E-state index contributed by atoms with van der Waals surface area (Å²) in [6.07, 6.45) is -9.34. The number of nitrogens with zero attached hydrogens (tertiary/aromatic N) is 1. The molecule has 0 N–H and O–H groups in total. The van der Waals surface area contributed by atoms with Gasteiger partial charge in [0.1, 0.15) is 16.9 Å². The number of benzene rings is 9. The first-order valence-corrected chi connectivity index (χ1v) is 41.8. The molecule has 0 fully saturated rings. The number of carbonyl (C=O) groups excluding carboxylic acids is 6. The second kappa shape index (κ2) is 39.9. The summed E-state index contributed by atoms with van der Waals surface area (Å²) in [4.78, 5) is 118. The first kappa shape index (κ1) is 93.1. The van der Waals surface area contributed by atoms with E-state index in [4.69, 9.17) is 28.1 Å². The standard InChI is InChI=1S/C97H95F12NO14/c1-9-17-23-55(13-5)51-119-90(115)64-34-60(35-65(38-64)91(116)120-52-56(14-6)24-18-10-2)75-46-73(47-76(81(75)50-111)61-36-66(92(117)121-53-57(15-7)25-19-11-3)39-67(37-61)93(118)122-54-58(16-8)26-20-12-4)123-83(112)33-59-29-31-72(32-30-59)110-88(113)79-48-77(62-40-68(94(98,99)100)44-69(41-62)95(101,102)103)84-74-27-21-22-28-82(74)124-87-78(49-80(89(110)114)85(79)86(84)87)63-42-70(96(104,105)106)45-71(43-63)97(107,108)109/h21-22,27-32,34-50,55-58H,9-20,23-26,33,51-54H2,1-8H3. The van der Waals surface area contributed by atoms with Crippen molar-refractivity contribution < 1.29 is 110 Å². The van der Waals surface area contributed by atoms with Gasteiger partial charge in [0, 0.05) is 43.4 Å². The fraction of sp³-hybridized carbons (Fsp3) is 0.381. The average molecular weight is 1730 g/mol. The van der Waals surface area contributed by atoms with Gasteiger partial charge in [-0.15, -0.1) is 0 Å². The van der Waals surface area contributed by atoms with Crippen molar-refractivity contribution in [3.8, 4) is 55.9 Å². The largest absolute Gasteiger partial charge is 0.462 e. The lowest BCUT2D eigenvalue weighted by Gasteiger charge is -2.21. The first-order valence-electron chi connectivity index (χ1n) is 41.8. The van der Waals surface area contributed by atoms with E-state index in [-0.39, 0.29) is 146 Å². The summed E-state index contributed by atoms with van der Waals surface area (Å²) in [6.45, 7) is 16.1. The number of pyridine rings is 1. The number of esters is 5. The van der Waals surface area contributed by atoms with Crippen LogP contribution in [0.4, 0.5) is 52.7 Å². The maximum Gasteiger partial charge on any atom is 0.416 e. The van der Waals surface area contributed by atoms with Crippen LogP contribution in [0.25, 0.3) is 93.7 Å². The second-order valence-electron chi connectivity index (χ2n) is 31.6. The molecule has 4 unspecified atom stereocenters. The van der Waals surface area contributed by atoms with Gasteiger partial charge in [0.05, 0.1) is 83.0 Å². The van der Waals surface area contributed by atoms with Crippen LogP contribution in [0.15, 0.2) is 160 Å². The Kier molecular flexibility index (Phi) is 29.9. The SMILES string of the molecule is CCCCC(CC)COC(=O)c1cc(C(=O)OCC(CC)CCCC)cc(-c2cc(OC(=O)Cc3ccc(-n4c(=O)c5cc(-c6cc(C(F)(F)F)cc(C(F)(F)F)c6)c6oc7ccccc7c7c(-c8cc(C(F)(F)F)cc(C(F)(F)F)c8)cc(c4=O)c5c67)cc3)cc(-c3cc(C(=O)OCC(CC)CCCC)cc(C(=O)OCC(CC)CCCC)c3)c2C=O)c1. The molecule has 0 saturated heterocycles. The lowest BCUT2D eigenvalue weighted by atomic mass is 9.86. The molecule has 11 rings (SSSR count). The van der Waals surface area contributed by atoms with Crippen LogP contribution < -0.4 is 15.9 Å². The number of hydrogen-bond donors (Lipinski definition) is 0. The molecular weight excluding hydrogens is 1630 g/mol. The molecule has 4 atom stereocenters. The van der Waals surface area contributed by atoms with E-state index < -0.39 is 144 Å². The molecule has 0 amide bonds. The molecule has 2 aromatic heterocycles. The molecule has 27 heteroatoms. The monoisotopic (exact) mass is 1730 g/mol. The van der Waals surface area contributed by atoms with E-state index in [1.54, 1.807) is 0 Å². The van der Waals surface area contributed by atoms with Gasteiger partial charge in [0.25, 0.3) is 11.1 Å². The molecule has 0 radical (unpaired) electrons. The Morgan fingerprint density at radius 3 is 1.10 bits per heavy atom. The molecule has 0 aliphatic carbocycles. The molecule has 0 bridgehead atoms. The van der Waals surface area contributed by atoms with Crippen molar-refractivity contribution in [2.45, 2.75) is 189 Å². The Bertz CT molecular complexity index is 5550. The van der Waals surface area contributed by atoms with E-state index in [1.807, 2.05) is 55.4 Å². The summed E-state index contributed by atoms with van der Waals surface area (Å²) in [5, 5.41) is -2.51. The van der Waals surface area contributed by atoms with Crippen molar-refractivity contribution >= 4 is 79.6 Å². The molecule has 15 nitrogen and oxygen atoms in total. The van der Waals surface area contributed by atoms with Crippen LogP contribution in [-0.4, -0.2) is 67.1 Å². The summed E-state index contributed by atoms with van der Waals surface area (Å²) in [5.74, 6) is -4.79. The number of para-hydroxylation sites is 1. The van der Waals surface area contributed by atoms with Gasteiger partial charge in [-0.2, -0.15) is 52.7 Å². The summed E-state index contributed by atoms with van der Waals surface area (Å²) in [7, 11) is 0. The van der Waals surface area contributed by atoms with Gasteiger partial charge in [-0.3, -0.25) is 19.2 Å². The second-order valence-corrected chi connectivity index (χ2v) is 31.6. The third-order valence-corrected chi connectivity index (χ3v) is 22.8. The van der Waals surface area contributed by atoms with E-state index in [1.165, 1.54) is 84.9 Å². The Hall–Kier alpha value is -11.6. The number of unbranched alkanes of at least 4 members (excludes halogenated alkanes) is 4. The van der Waals surface area contributed by atoms with Gasteiger partial charge in [0.2, 0.25) is 0 Å². The van der Waals surface area contributed by atoms with Crippen LogP contribution in [-0.2, 0) is 54.9 Å². The van der Waals surface area contributed by atoms with Crippen molar-refractivity contribution in [2.24, 2.45) is 23.7 Å². The lowest BCUT2D eigenvalue weighted by Crippen LogP contribution is -2.32. The maximum absolute atomic E-state index is 15.5. The van der Waals surface area contributed by atoms with Gasteiger partial charge >= 0.3 is 54.6 Å². The van der Waals surface area contributed by atoms with Crippen LogP contribution in [0, 0.1) is 23.7 Å². The normalized spacial score (nSPS) is 13.2. The zero-order valence-corrected chi connectivity index (χ0v) is 69.8. The molecular formula is C97H95F12NO14. The zero-order chi connectivity index (χ0) is 89.9. The number of aldehydes is 1. The van der Waals surface area contributed by atoms with Crippen LogP contribution in [0.1, 0.15) is 238 Å². The number of carbonyl (C=O) groups is 6. The highest BCUT2D eigenvalue weighted by Crippen LogP contribution is 2.50. The van der Waals surface area contributed by atoms with Crippen molar-refractivity contribution in [3.05, 3.63) is 222 Å². The quantitative estimate of drug-likeness (QED) is 0.00677. The van der Waals surface area contributed by atoms with Gasteiger partial charge in [-0.05, 0) is 209 Å². The minimum atomic E-state index is -5.46. The number of alkyl halides is 12. The minimum Gasteiger partial charge on any atom is -0.462 e. The number of ether oxygens (including phenoxy) is 5. The van der Waals surface area contributed by atoms with E-state index in [2.05, 4.69) is 0 Å². The van der Waals surface area contributed by atoms with Crippen LogP contribution >= 0.6 is 0 Å². The number of rotatable bonds is 37. The molecule has 0 aliphatic heterocycles. The summed E-state index contributed by atoms with van der Waals surface area (Å²) in [6, 6.07) is 23.6. The van der Waals surface area contributed by atoms with Crippen molar-refractivity contribution in [3.63, 3.8) is 0 Å². The fourth-order valence-corrected chi connectivity index (χ4v) is 15.6. The Balaban J connectivity index is 1.08. The van der Waals surface area contributed by atoms with Crippen molar-refractivity contribution in [1.29, 1.82) is 0 Å². The third-order valence-electron chi connectivity index (χ3n) is 22.8. The lowest BCUT2D eigenvalue weighted by molar-refractivity contribution is -0.144. The molecule has 9 aromatic carbocycles. The Morgan fingerprint density at radius 1 is 0.395 bits per heavy atom. The highest BCUT2D eigenvalue weighted by molar-refractivity contribution is 6.32. The number of hydrogen-bond acceptors (Lipinski definition) is 14. The van der Waals surface area contributed by atoms with Crippen molar-refractivity contribution in [1.82, 2.24) is 4.57 Å². The smallest absolute Gasteiger partial charge is 0.416 e. The Labute approximate surface area is 707 Å². The number of aromatic nitrogens is 1. The molecule has 124 heavy (non-hydrogen) atoms. The number of halogens is 12. The molecule has 0 saturated carbocycles. The number of fused-ring (bicyclic) bond motifs is 2. The predicted molar refractivity (Wildman–Crippen MR) is 449 cm³/mol. The highest BCUT2D eigenvalue weighted by Gasteiger charge is 2.41. The molecule has 11 aromatic rings. The predicted octanol–water partition coefficient (Wildman–Crippen LogP) is 26.0. The van der Waals surface area contributed by atoms with Crippen molar-refractivity contribution in [2.75, 3.05) is 26.4 Å². The minimum absolute atomic E-state index is 0.0191. The first-order chi connectivity index (χ1) is 59.0. The van der Waals surface area contributed by atoms with E-state index >= 15 is 9.59 Å². The van der Waals surface area contributed by atoms with Gasteiger partial charge in [-0.25, -0.2) is 23.7 Å². The topological polar surface area (TPSA) is 201 Å². The van der Waals surface area contributed by atoms with Crippen LogP contribution in [0.2, 0.25) is 0 Å². The molecule has 0 spiro atoms. The molecule has 0 aliphatic rings. The molecule has 2 heterocycles. The van der Waals surface area contributed by atoms with E-state index in [0.29, 0.717) is 60.8 Å². The fourth-order valence-electron chi connectivity index (χ4n) is 15.6. The third kappa shape index (κ3) is 21.6. The van der Waals surface area contributed by atoms with Crippen LogP contribution in [0.5, 0.6) is 5.75 Å². The highest BCUT2D eigenvalue weighted by atomic mass is 19.4. The van der Waals surface area contributed by atoms with Gasteiger partial charge in [0.15, 0.2) is 6.29 Å². The average Bonchev–Trinajstić information content (AvgIpc) is 0.691. The molecule has 656 valence electrons. The van der Waals surface area contributed by atoms with Crippen LogP contribution in [0.3, 0.4) is 0 Å².